The van der Waals surface area contributed by atoms with E-state index in [0.29, 0.717) is 18.7 Å². The predicted octanol–water partition coefficient (Wildman–Crippen LogP) is 3.73. The second-order valence-electron chi connectivity index (χ2n) is 9.61. The molecule has 0 bridgehead atoms. The number of aromatic amines is 1. The summed E-state index contributed by atoms with van der Waals surface area (Å²) in [5.41, 5.74) is 5.26. The lowest BCUT2D eigenvalue weighted by Crippen LogP contribution is -2.29. The van der Waals surface area contributed by atoms with Crippen molar-refractivity contribution in [2.45, 2.75) is 44.9 Å². The van der Waals surface area contributed by atoms with Crippen LogP contribution in [0.5, 0.6) is 0 Å². The monoisotopic (exact) mass is 516 g/mol. The lowest BCUT2D eigenvalue weighted by Gasteiger charge is -2.15. The van der Waals surface area contributed by atoms with Gasteiger partial charge in [0.25, 0.3) is 5.91 Å². The van der Waals surface area contributed by atoms with Gasteiger partial charge in [-0.2, -0.15) is 10.2 Å². The molecule has 0 aliphatic rings. The molecule has 3 N–H and O–H groups in total. The summed E-state index contributed by atoms with van der Waals surface area (Å²) in [6.07, 6.45) is 7.81. The van der Waals surface area contributed by atoms with E-state index in [9.17, 15) is 9.59 Å². The maximum Gasteiger partial charge on any atom is 0.271 e. The number of carbonyl (C=O) groups is 2. The van der Waals surface area contributed by atoms with E-state index in [1.54, 1.807) is 22.5 Å². The summed E-state index contributed by atoms with van der Waals surface area (Å²) in [4.78, 5) is 32.4. The van der Waals surface area contributed by atoms with Crippen molar-refractivity contribution in [3.8, 4) is 22.5 Å². The Hall–Kier alpha value is -4.21. The Kier molecular flexibility index (Phi) is 8.73. The van der Waals surface area contributed by atoms with Gasteiger partial charge in [-0.25, -0.2) is 4.98 Å². The van der Waals surface area contributed by atoms with Crippen LogP contribution in [0.4, 0.5) is 0 Å². The van der Waals surface area contributed by atoms with Crippen molar-refractivity contribution in [1.82, 2.24) is 40.2 Å². The van der Waals surface area contributed by atoms with Crippen LogP contribution in [0.15, 0.2) is 48.8 Å². The number of hydrogen-bond acceptors (Lipinski definition) is 5. The average molecular weight is 517 g/mol. The van der Waals surface area contributed by atoms with Crippen LogP contribution in [-0.4, -0.2) is 54.9 Å². The standard InChI is InChI=1S/C28H36N8O2/c1-19-16-24(34-36(19)4)28(38)31-17-22(8-6-5-7-9-26(37)29-2)27-30-18-25(32-27)21-12-10-20(11-13-21)23-14-15-35(3)33-23/h10-16,18,22H,5-9,17H2,1-4H3,(H,29,37)(H,30,32)(H,31,38). The first-order chi connectivity index (χ1) is 18.3. The molecule has 200 valence electrons. The zero-order valence-corrected chi connectivity index (χ0v) is 22.5. The van der Waals surface area contributed by atoms with Crippen molar-refractivity contribution in [3.05, 3.63) is 66.0 Å². The Morgan fingerprint density at radius 2 is 1.79 bits per heavy atom. The van der Waals surface area contributed by atoms with E-state index in [2.05, 4.69) is 55.1 Å². The molecule has 1 aromatic carbocycles. The van der Waals surface area contributed by atoms with E-state index in [1.807, 2.05) is 39.5 Å². The van der Waals surface area contributed by atoms with Gasteiger partial charge in [-0.05, 0) is 37.5 Å². The molecule has 38 heavy (non-hydrogen) atoms. The maximum absolute atomic E-state index is 12.7. The van der Waals surface area contributed by atoms with Crippen LogP contribution in [0.3, 0.4) is 0 Å². The molecular formula is C28H36N8O2. The van der Waals surface area contributed by atoms with Crippen molar-refractivity contribution in [2.24, 2.45) is 14.1 Å². The average Bonchev–Trinajstić information content (AvgIpc) is 3.66. The molecule has 10 heteroatoms. The topological polar surface area (TPSA) is 123 Å². The lowest BCUT2D eigenvalue weighted by atomic mass is 9.99. The molecule has 0 spiro atoms. The molecule has 0 saturated carbocycles. The minimum Gasteiger partial charge on any atom is -0.359 e. The summed E-state index contributed by atoms with van der Waals surface area (Å²) in [5, 5.41) is 14.4. The highest BCUT2D eigenvalue weighted by atomic mass is 16.2. The van der Waals surface area contributed by atoms with Gasteiger partial charge >= 0.3 is 0 Å². The Balaban J connectivity index is 1.43. The summed E-state index contributed by atoms with van der Waals surface area (Å²) < 4.78 is 3.48. The largest absolute Gasteiger partial charge is 0.359 e. The Bertz CT molecular complexity index is 1350. The molecule has 3 heterocycles. The molecule has 2 amide bonds. The van der Waals surface area contributed by atoms with Gasteiger partial charge in [0.15, 0.2) is 0 Å². The van der Waals surface area contributed by atoms with Gasteiger partial charge in [-0.3, -0.25) is 19.0 Å². The van der Waals surface area contributed by atoms with Gasteiger partial charge in [0, 0.05) is 57.5 Å². The third-order valence-electron chi connectivity index (χ3n) is 6.78. The van der Waals surface area contributed by atoms with Crippen molar-refractivity contribution < 1.29 is 9.59 Å². The van der Waals surface area contributed by atoms with Gasteiger partial charge in [0.05, 0.1) is 17.6 Å². The number of H-pyrrole nitrogens is 1. The molecule has 0 aliphatic heterocycles. The predicted molar refractivity (Wildman–Crippen MR) is 146 cm³/mol. The Morgan fingerprint density at radius 3 is 2.45 bits per heavy atom. The first-order valence-corrected chi connectivity index (χ1v) is 13.0. The van der Waals surface area contributed by atoms with Crippen molar-refractivity contribution in [2.75, 3.05) is 13.6 Å². The van der Waals surface area contributed by atoms with Gasteiger partial charge in [0.2, 0.25) is 5.91 Å². The first kappa shape index (κ1) is 26.8. The number of carbonyl (C=O) groups excluding carboxylic acids is 2. The maximum atomic E-state index is 12.7. The molecule has 10 nitrogen and oxygen atoms in total. The number of unbranched alkanes of at least 4 members (excludes halogenated alkanes) is 2. The normalized spacial score (nSPS) is 11.9. The molecule has 1 atom stereocenters. The number of hydrogen-bond donors (Lipinski definition) is 3. The molecular weight excluding hydrogens is 480 g/mol. The summed E-state index contributed by atoms with van der Waals surface area (Å²) in [7, 11) is 5.38. The SMILES string of the molecule is CNC(=O)CCCCCC(CNC(=O)c1cc(C)n(C)n1)c1ncc(-c2ccc(-c3ccn(C)n3)cc2)[nH]1. The van der Waals surface area contributed by atoms with Crippen LogP contribution < -0.4 is 10.6 Å². The van der Waals surface area contributed by atoms with Crippen molar-refractivity contribution >= 4 is 11.8 Å². The fourth-order valence-electron chi connectivity index (χ4n) is 4.37. The minimum absolute atomic E-state index is 0.00491. The molecule has 3 aromatic heterocycles. The van der Waals surface area contributed by atoms with Gasteiger partial charge in [0.1, 0.15) is 11.5 Å². The number of nitrogens with zero attached hydrogens (tertiary/aromatic N) is 5. The molecule has 0 fully saturated rings. The van der Waals surface area contributed by atoms with E-state index in [4.69, 9.17) is 0 Å². The number of imidazole rings is 1. The zero-order chi connectivity index (χ0) is 27.1. The van der Waals surface area contributed by atoms with Gasteiger partial charge < -0.3 is 15.6 Å². The van der Waals surface area contributed by atoms with Crippen LogP contribution in [-0.2, 0) is 18.9 Å². The first-order valence-electron chi connectivity index (χ1n) is 13.0. The van der Waals surface area contributed by atoms with Crippen LogP contribution in [0.2, 0.25) is 0 Å². The second kappa shape index (κ2) is 12.4. The molecule has 0 radical (unpaired) electrons. The zero-order valence-electron chi connectivity index (χ0n) is 22.5. The number of benzene rings is 1. The van der Waals surface area contributed by atoms with Crippen LogP contribution in [0.25, 0.3) is 22.5 Å². The lowest BCUT2D eigenvalue weighted by molar-refractivity contribution is -0.120. The quantitative estimate of drug-likeness (QED) is 0.248. The number of aryl methyl sites for hydroxylation is 3. The highest BCUT2D eigenvalue weighted by Gasteiger charge is 2.19. The fourth-order valence-corrected chi connectivity index (χ4v) is 4.37. The number of aromatic nitrogens is 6. The number of rotatable bonds is 12. The van der Waals surface area contributed by atoms with E-state index < -0.39 is 0 Å². The van der Waals surface area contributed by atoms with E-state index in [1.165, 1.54) is 0 Å². The molecule has 4 rings (SSSR count). The summed E-state index contributed by atoms with van der Waals surface area (Å²) in [6.45, 7) is 2.36. The summed E-state index contributed by atoms with van der Waals surface area (Å²) in [5.74, 6) is 0.697. The second-order valence-corrected chi connectivity index (χ2v) is 9.61. The highest BCUT2D eigenvalue weighted by Crippen LogP contribution is 2.26. The number of nitrogens with one attached hydrogen (secondary N) is 3. The molecule has 0 saturated heterocycles. The Labute approximate surface area is 222 Å². The number of amides is 2. The van der Waals surface area contributed by atoms with E-state index >= 15 is 0 Å². The minimum atomic E-state index is -0.199. The fraction of sp³-hybridized carbons (Fsp3) is 0.393. The van der Waals surface area contributed by atoms with Crippen LogP contribution in [0.1, 0.15) is 60.0 Å². The van der Waals surface area contributed by atoms with E-state index in [-0.39, 0.29) is 17.7 Å². The van der Waals surface area contributed by atoms with Gasteiger partial charge in [-0.15, -0.1) is 0 Å². The van der Waals surface area contributed by atoms with Crippen LogP contribution in [0, 0.1) is 6.92 Å². The Morgan fingerprint density at radius 1 is 1.03 bits per heavy atom. The molecule has 4 aromatic rings. The van der Waals surface area contributed by atoms with Crippen LogP contribution >= 0.6 is 0 Å². The molecule has 0 aliphatic carbocycles. The van der Waals surface area contributed by atoms with Crippen molar-refractivity contribution in [3.63, 3.8) is 0 Å². The molecule has 1 unspecified atom stereocenters. The summed E-state index contributed by atoms with van der Waals surface area (Å²) >= 11 is 0. The van der Waals surface area contributed by atoms with Gasteiger partial charge in [-0.1, -0.05) is 37.1 Å². The third-order valence-corrected chi connectivity index (χ3v) is 6.78. The smallest absolute Gasteiger partial charge is 0.271 e. The van der Waals surface area contributed by atoms with Crippen molar-refractivity contribution in [1.29, 1.82) is 0 Å². The van der Waals surface area contributed by atoms with E-state index in [0.717, 1.165) is 59.7 Å². The summed E-state index contributed by atoms with van der Waals surface area (Å²) in [6, 6.07) is 12.0. The third kappa shape index (κ3) is 6.76. The highest BCUT2D eigenvalue weighted by molar-refractivity contribution is 5.92.